The van der Waals surface area contributed by atoms with E-state index in [4.69, 9.17) is 0 Å². The summed E-state index contributed by atoms with van der Waals surface area (Å²) in [5.41, 5.74) is 7.51. The second-order valence-electron chi connectivity index (χ2n) is 8.41. The van der Waals surface area contributed by atoms with Gasteiger partial charge in [-0.1, -0.05) is 33.6 Å². The van der Waals surface area contributed by atoms with Gasteiger partial charge < -0.3 is 16.0 Å². The van der Waals surface area contributed by atoms with Crippen molar-refractivity contribution >= 4 is 0 Å². The number of nitrogens with one attached hydrogen (secondary N) is 3. The van der Waals surface area contributed by atoms with Crippen LogP contribution in [0.1, 0.15) is 74.1 Å². The summed E-state index contributed by atoms with van der Waals surface area (Å²) >= 11 is 0. The number of hydrogen-bond acceptors (Lipinski definition) is 3. The fourth-order valence-corrected chi connectivity index (χ4v) is 2.97. The molecular weight excluding hydrogens is 342 g/mol. The van der Waals surface area contributed by atoms with Crippen molar-refractivity contribution in [1.82, 2.24) is 16.0 Å². The standard InChI is InChI=1S/C25H41N3/c1-11-25(10,12-2)28-22(8)21(7)17(3)15-18(4)26-19(5)16-20(6)27-23(9)24-13-14-24/h15-16,24,26-28H,5,8-9,11-14H2,1-4,6-7,10H3/b18-15+,20-16+,21-17+. The monoisotopic (exact) mass is 383 g/mol. The van der Waals surface area contributed by atoms with Crippen LogP contribution >= 0.6 is 0 Å². The molecule has 0 spiro atoms. The molecule has 28 heavy (non-hydrogen) atoms. The van der Waals surface area contributed by atoms with Crippen molar-refractivity contribution in [2.75, 3.05) is 0 Å². The first-order valence-electron chi connectivity index (χ1n) is 10.4. The summed E-state index contributed by atoms with van der Waals surface area (Å²) < 4.78 is 0. The van der Waals surface area contributed by atoms with Gasteiger partial charge in [-0.05, 0) is 89.5 Å². The molecule has 156 valence electrons. The molecule has 0 aliphatic heterocycles. The molecule has 1 saturated carbocycles. The lowest BCUT2D eigenvalue weighted by Crippen LogP contribution is -2.40. The largest absolute Gasteiger partial charge is 0.380 e. The summed E-state index contributed by atoms with van der Waals surface area (Å²) in [5, 5.41) is 10.3. The smallest absolute Gasteiger partial charge is 0.0340 e. The van der Waals surface area contributed by atoms with Gasteiger partial charge in [0.05, 0.1) is 0 Å². The number of hydrogen-bond donors (Lipinski definition) is 3. The summed E-state index contributed by atoms with van der Waals surface area (Å²) in [5.74, 6) is 0.644. The minimum atomic E-state index is 0.0870. The lowest BCUT2D eigenvalue weighted by atomic mass is 9.94. The van der Waals surface area contributed by atoms with Gasteiger partial charge >= 0.3 is 0 Å². The van der Waals surface area contributed by atoms with Crippen LogP contribution in [0.15, 0.2) is 71.5 Å². The van der Waals surface area contributed by atoms with E-state index >= 15 is 0 Å². The third-order valence-corrected chi connectivity index (χ3v) is 5.67. The zero-order valence-corrected chi connectivity index (χ0v) is 19.2. The van der Waals surface area contributed by atoms with E-state index in [0.29, 0.717) is 5.92 Å². The molecule has 0 bridgehead atoms. The average Bonchev–Trinajstić information content (AvgIpc) is 3.45. The average molecular weight is 384 g/mol. The summed E-state index contributed by atoms with van der Waals surface area (Å²) in [7, 11) is 0. The quantitative estimate of drug-likeness (QED) is 0.340. The van der Waals surface area contributed by atoms with Crippen LogP contribution in [-0.4, -0.2) is 5.54 Å². The topological polar surface area (TPSA) is 36.1 Å². The van der Waals surface area contributed by atoms with Crippen molar-refractivity contribution in [3.8, 4) is 0 Å². The molecule has 0 heterocycles. The Hall–Kier alpha value is -2.16. The molecule has 3 N–H and O–H groups in total. The maximum absolute atomic E-state index is 4.25. The van der Waals surface area contributed by atoms with Crippen LogP contribution in [-0.2, 0) is 0 Å². The number of allylic oxidation sites excluding steroid dienone is 7. The van der Waals surface area contributed by atoms with Crippen molar-refractivity contribution in [2.45, 2.75) is 79.7 Å². The molecule has 3 nitrogen and oxygen atoms in total. The van der Waals surface area contributed by atoms with Crippen LogP contribution in [0.25, 0.3) is 0 Å². The molecule has 0 saturated heterocycles. The Morgan fingerprint density at radius 2 is 1.46 bits per heavy atom. The maximum atomic E-state index is 4.25. The van der Waals surface area contributed by atoms with E-state index in [1.54, 1.807) is 0 Å². The van der Waals surface area contributed by atoms with Gasteiger partial charge in [-0.3, -0.25) is 0 Å². The summed E-state index contributed by atoms with van der Waals surface area (Å²) in [6.45, 7) is 27.5. The van der Waals surface area contributed by atoms with Gasteiger partial charge in [-0.15, -0.1) is 0 Å². The minimum Gasteiger partial charge on any atom is -0.380 e. The molecule has 0 unspecified atom stereocenters. The van der Waals surface area contributed by atoms with E-state index < -0.39 is 0 Å². The molecule has 3 heteroatoms. The first-order chi connectivity index (χ1) is 13.0. The second kappa shape index (κ2) is 10.4. The highest BCUT2D eigenvalue weighted by atomic mass is 15.0. The molecular formula is C25H41N3. The molecule has 0 aromatic rings. The van der Waals surface area contributed by atoms with E-state index in [2.05, 4.69) is 83.3 Å². The van der Waals surface area contributed by atoms with Gasteiger partial charge in [0.25, 0.3) is 0 Å². The Morgan fingerprint density at radius 1 is 0.929 bits per heavy atom. The van der Waals surface area contributed by atoms with E-state index in [9.17, 15) is 0 Å². The normalized spacial score (nSPS) is 16.2. The SMILES string of the molecule is C=C(/C=C(\C)NC(=C)C1CC1)N/C(C)=C/C(C)=C(\C)C(=C)NC(C)(CC)CC. The summed E-state index contributed by atoms with van der Waals surface area (Å²) in [6.07, 6.45) is 8.80. The predicted molar refractivity (Wildman–Crippen MR) is 124 cm³/mol. The predicted octanol–water partition coefficient (Wildman–Crippen LogP) is 6.43. The maximum Gasteiger partial charge on any atom is 0.0340 e. The first kappa shape index (κ1) is 23.9. The molecule has 1 fully saturated rings. The van der Waals surface area contributed by atoms with Gasteiger partial charge in [0.1, 0.15) is 0 Å². The Labute approximate surface area is 173 Å². The zero-order chi connectivity index (χ0) is 21.5. The lowest BCUT2D eigenvalue weighted by Gasteiger charge is -2.31. The highest BCUT2D eigenvalue weighted by Crippen LogP contribution is 2.34. The molecule has 0 aromatic carbocycles. The summed E-state index contributed by atoms with van der Waals surface area (Å²) in [4.78, 5) is 0. The van der Waals surface area contributed by atoms with Crippen LogP contribution in [0, 0.1) is 5.92 Å². The Balaban J connectivity index is 2.71. The molecule has 1 aliphatic rings. The van der Waals surface area contributed by atoms with Gasteiger partial charge in [0.15, 0.2) is 0 Å². The third-order valence-electron chi connectivity index (χ3n) is 5.67. The molecule has 1 rings (SSSR count). The fourth-order valence-electron chi connectivity index (χ4n) is 2.97. The Bertz CT molecular complexity index is 695. The van der Waals surface area contributed by atoms with Crippen molar-refractivity contribution < 1.29 is 0 Å². The van der Waals surface area contributed by atoms with Gasteiger partial charge in [-0.25, -0.2) is 0 Å². The van der Waals surface area contributed by atoms with Crippen LogP contribution in [0.4, 0.5) is 0 Å². The van der Waals surface area contributed by atoms with Crippen molar-refractivity contribution in [2.24, 2.45) is 5.92 Å². The van der Waals surface area contributed by atoms with E-state index in [0.717, 1.165) is 41.3 Å². The number of rotatable bonds is 12. The highest BCUT2D eigenvalue weighted by Gasteiger charge is 2.24. The van der Waals surface area contributed by atoms with E-state index in [1.807, 2.05) is 13.0 Å². The van der Waals surface area contributed by atoms with Crippen molar-refractivity contribution in [3.05, 3.63) is 71.5 Å². The van der Waals surface area contributed by atoms with Gasteiger partial charge in [0.2, 0.25) is 0 Å². The molecule has 0 radical (unpaired) electrons. The van der Waals surface area contributed by atoms with Crippen LogP contribution < -0.4 is 16.0 Å². The third kappa shape index (κ3) is 7.84. The Kier molecular flexibility index (Phi) is 8.87. The highest BCUT2D eigenvalue weighted by molar-refractivity contribution is 5.37. The lowest BCUT2D eigenvalue weighted by molar-refractivity contribution is 0.365. The van der Waals surface area contributed by atoms with Gasteiger partial charge in [-0.2, -0.15) is 0 Å². The van der Waals surface area contributed by atoms with E-state index in [1.165, 1.54) is 24.0 Å². The fraction of sp³-hybridized carbons (Fsp3) is 0.520. The zero-order valence-electron chi connectivity index (χ0n) is 19.2. The summed E-state index contributed by atoms with van der Waals surface area (Å²) in [6, 6.07) is 0. The van der Waals surface area contributed by atoms with Crippen molar-refractivity contribution in [1.29, 1.82) is 0 Å². The molecule has 0 amide bonds. The van der Waals surface area contributed by atoms with Crippen molar-refractivity contribution in [3.63, 3.8) is 0 Å². The van der Waals surface area contributed by atoms with Gasteiger partial charge in [0, 0.05) is 34.0 Å². The molecule has 0 atom stereocenters. The molecule has 0 aromatic heterocycles. The second-order valence-corrected chi connectivity index (χ2v) is 8.41. The Morgan fingerprint density at radius 3 is 1.96 bits per heavy atom. The molecule has 1 aliphatic carbocycles. The minimum absolute atomic E-state index is 0.0870. The van der Waals surface area contributed by atoms with E-state index in [-0.39, 0.29) is 5.54 Å². The van der Waals surface area contributed by atoms with Crippen LogP contribution in [0.5, 0.6) is 0 Å². The first-order valence-corrected chi connectivity index (χ1v) is 10.4. The van der Waals surface area contributed by atoms with Crippen LogP contribution in [0.2, 0.25) is 0 Å². The van der Waals surface area contributed by atoms with Crippen LogP contribution in [0.3, 0.4) is 0 Å².